The Kier molecular flexibility index (Phi) is 4.89. The molecule has 0 aliphatic rings. The molecule has 7 nitrogen and oxygen atoms in total. The third-order valence-electron chi connectivity index (χ3n) is 3.63. The van der Waals surface area contributed by atoms with Gasteiger partial charge in [0.25, 0.3) is 5.91 Å². The highest BCUT2D eigenvalue weighted by molar-refractivity contribution is 5.94. The van der Waals surface area contributed by atoms with Gasteiger partial charge in [0.05, 0.1) is 0 Å². The van der Waals surface area contributed by atoms with E-state index < -0.39 is 23.8 Å². The van der Waals surface area contributed by atoms with Crippen LogP contribution in [0.5, 0.6) is 0 Å². The number of hydrogen-bond donors (Lipinski definition) is 1. The molecule has 0 aliphatic heterocycles. The molecule has 3 rings (SSSR count). The quantitative estimate of drug-likeness (QED) is 0.749. The lowest BCUT2D eigenvalue weighted by Gasteiger charge is -2.11. The number of hydrogen-bond acceptors (Lipinski definition) is 6. The normalized spacial score (nSPS) is 12.6. The maximum absolute atomic E-state index is 12.7. The topological polar surface area (TPSA) is 93.8 Å². The van der Waals surface area contributed by atoms with Gasteiger partial charge in [-0.2, -0.15) is 18.2 Å². The summed E-state index contributed by atoms with van der Waals surface area (Å²) in [6, 6.07) is 4.65. The van der Waals surface area contributed by atoms with Crippen LogP contribution in [0.1, 0.15) is 40.6 Å². The molecule has 3 heterocycles. The first kappa shape index (κ1) is 18.5. The van der Waals surface area contributed by atoms with Crippen LogP contribution in [0, 0.1) is 6.92 Å². The Balaban J connectivity index is 1.74. The molecule has 0 aromatic carbocycles. The molecule has 3 aromatic rings. The van der Waals surface area contributed by atoms with E-state index in [0.717, 1.165) is 11.9 Å². The second kappa shape index (κ2) is 7.14. The number of pyridine rings is 2. The van der Waals surface area contributed by atoms with Gasteiger partial charge in [0.15, 0.2) is 0 Å². The zero-order chi connectivity index (χ0) is 19.6. The summed E-state index contributed by atoms with van der Waals surface area (Å²) in [5, 5.41) is 6.38. The fourth-order valence-corrected chi connectivity index (χ4v) is 2.28. The second-order valence-electron chi connectivity index (χ2n) is 5.76. The predicted octanol–water partition coefficient (Wildman–Crippen LogP) is 3.34. The first-order valence-corrected chi connectivity index (χ1v) is 7.85. The van der Waals surface area contributed by atoms with E-state index in [1.54, 1.807) is 25.3 Å². The number of nitrogens with one attached hydrogen (secondary N) is 1. The standard InChI is InChI=1S/C17H14F3N5O2/c1-9-7-11(3-5-21-9)14-24-16(27-25-14)10(2)23-15(26)12-4-6-22-13(8-12)17(18,19)20/h3-8,10H,1-2H3,(H,23,26)/t10-/m0/s1. The van der Waals surface area contributed by atoms with Crippen molar-refractivity contribution in [3.8, 4) is 11.4 Å². The molecule has 0 fully saturated rings. The van der Waals surface area contributed by atoms with E-state index in [0.29, 0.717) is 17.5 Å². The van der Waals surface area contributed by atoms with Crippen molar-refractivity contribution in [3.05, 3.63) is 59.5 Å². The summed E-state index contributed by atoms with van der Waals surface area (Å²) in [7, 11) is 0. The van der Waals surface area contributed by atoms with Gasteiger partial charge in [0, 0.05) is 29.2 Å². The Hall–Kier alpha value is -3.30. The molecule has 1 N–H and O–H groups in total. The smallest absolute Gasteiger partial charge is 0.341 e. The van der Waals surface area contributed by atoms with Crippen LogP contribution in [0.3, 0.4) is 0 Å². The van der Waals surface area contributed by atoms with Crippen molar-refractivity contribution >= 4 is 5.91 Å². The Labute approximate surface area is 151 Å². The van der Waals surface area contributed by atoms with Crippen molar-refractivity contribution < 1.29 is 22.5 Å². The number of nitrogens with zero attached hydrogens (tertiary/aromatic N) is 4. The average Bonchev–Trinajstić information content (AvgIpc) is 3.11. The van der Waals surface area contributed by atoms with Gasteiger partial charge in [-0.1, -0.05) is 5.16 Å². The molecular weight excluding hydrogens is 363 g/mol. The van der Waals surface area contributed by atoms with Crippen molar-refractivity contribution in [2.75, 3.05) is 0 Å². The van der Waals surface area contributed by atoms with Crippen molar-refractivity contribution in [1.82, 2.24) is 25.4 Å². The van der Waals surface area contributed by atoms with Gasteiger partial charge in [-0.05, 0) is 38.1 Å². The monoisotopic (exact) mass is 377 g/mol. The van der Waals surface area contributed by atoms with E-state index in [4.69, 9.17) is 4.52 Å². The largest absolute Gasteiger partial charge is 0.433 e. The van der Waals surface area contributed by atoms with Gasteiger partial charge < -0.3 is 9.84 Å². The van der Waals surface area contributed by atoms with E-state index in [1.165, 1.54) is 6.07 Å². The molecule has 27 heavy (non-hydrogen) atoms. The van der Waals surface area contributed by atoms with Crippen LogP contribution in [-0.2, 0) is 6.18 Å². The van der Waals surface area contributed by atoms with Crippen molar-refractivity contribution in [2.45, 2.75) is 26.1 Å². The minimum atomic E-state index is -4.63. The van der Waals surface area contributed by atoms with Crippen LogP contribution in [0.2, 0.25) is 0 Å². The van der Waals surface area contributed by atoms with Gasteiger partial charge in [0.2, 0.25) is 11.7 Å². The summed E-state index contributed by atoms with van der Waals surface area (Å²) < 4.78 is 43.3. The third kappa shape index (κ3) is 4.27. The van der Waals surface area contributed by atoms with Gasteiger partial charge in [0.1, 0.15) is 11.7 Å². The van der Waals surface area contributed by atoms with Crippen LogP contribution >= 0.6 is 0 Å². The fraction of sp³-hybridized carbons (Fsp3) is 0.235. The highest BCUT2D eigenvalue weighted by Crippen LogP contribution is 2.27. The molecule has 0 bridgehead atoms. The molecule has 10 heteroatoms. The SMILES string of the molecule is Cc1cc(-c2noc([C@H](C)NC(=O)c3ccnc(C(F)(F)F)c3)n2)ccn1. The first-order valence-electron chi connectivity index (χ1n) is 7.85. The highest BCUT2D eigenvalue weighted by Gasteiger charge is 2.33. The van der Waals surface area contributed by atoms with Gasteiger partial charge in [-0.25, -0.2) is 0 Å². The summed E-state index contributed by atoms with van der Waals surface area (Å²) in [5.74, 6) is -0.271. The average molecular weight is 377 g/mol. The molecule has 1 amide bonds. The lowest BCUT2D eigenvalue weighted by atomic mass is 10.2. The molecule has 0 spiro atoms. The first-order chi connectivity index (χ1) is 12.7. The minimum absolute atomic E-state index is 0.123. The fourth-order valence-electron chi connectivity index (χ4n) is 2.28. The third-order valence-corrected chi connectivity index (χ3v) is 3.63. The summed E-state index contributed by atoms with van der Waals surface area (Å²) in [4.78, 5) is 23.7. The second-order valence-corrected chi connectivity index (χ2v) is 5.76. The van der Waals surface area contributed by atoms with Gasteiger partial charge in [-0.3, -0.25) is 14.8 Å². The Morgan fingerprint density at radius 2 is 1.93 bits per heavy atom. The van der Waals surface area contributed by atoms with E-state index in [9.17, 15) is 18.0 Å². The number of aromatic nitrogens is 4. The molecule has 140 valence electrons. The van der Waals surface area contributed by atoms with Crippen molar-refractivity contribution in [2.24, 2.45) is 0 Å². The lowest BCUT2D eigenvalue weighted by molar-refractivity contribution is -0.141. The molecule has 0 unspecified atom stereocenters. The lowest BCUT2D eigenvalue weighted by Crippen LogP contribution is -2.27. The van der Waals surface area contributed by atoms with Crippen LogP contribution in [0.4, 0.5) is 13.2 Å². The van der Waals surface area contributed by atoms with Crippen molar-refractivity contribution in [1.29, 1.82) is 0 Å². The molecule has 0 radical (unpaired) electrons. The molecule has 0 aliphatic carbocycles. The predicted molar refractivity (Wildman–Crippen MR) is 87.4 cm³/mol. The van der Waals surface area contributed by atoms with E-state index >= 15 is 0 Å². The molecular formula is C17H14F3N5O2. The van der Waals surface area contributed by atoms with Crippen LogP contribution in [-0.4, -0.2) is 26.0 Å². The maximum Gasteiger partial charge on any atom is 0.433 e. The number of amides is 1. The van der Waals surface area contributed by atoms with Crippen LogP contribution in [0.15, 0.2) is 41.2 Å². The van der Waals surface area contributed by atoms with Crippen LogP contribution in [0.25, 0.3) is 11.4 Å². The molecule has 3 aromatic heterocycles. The Morgan fingerprint density at radius 3 is 2.63 bits per heavy atom. The summed E-state index contributed by atoms with van der Waals surface area (Å²) in [5.41, 5.74) is 0.156. The Bertz CT molecular complexity index is 971. The molecule has 0 saturated carbocycles. The van der Waals surface area contributed by atoms with Gasteiger partial charge >= 0.3 is 6.18 Å². The van der Waals surface area contributed by atoms with E-state index in [1.807, 2.05) is 6.92 Å². The number of carbonyl (C=O) groups excluding carboxylic acids is 1. The number of carbonyl (C=O) groups is 1. The molecule has 1 atom stereocenters. The van der Waals surface area contributed by atoms with E-state index in [2.05, 4.69) is 25.4 Å². The van der Waals surface area contributed by atoms with Crippen LogP contribution < -0.4 is 5.32 Å². The highest BCUT2D eigenvalue weighted by atomic mass is 19.4. The maximum atomic E-state index is 12.7. The Morgan fingerprint density at radius 1 is 1.19 bits per heavy atom. The van der Waals surface area contributed by atoms with E-state index in [-0.39, 0.29) is 11.5 Å². The number of rotatable bonds is 4. The summed E-state index contributed by atoms with van der Waals surface area (Å²) in [6.07, 6.45) is -2.10. The minimum Gasteiger partial charge on any atom is -0.341 e. The number of alkyl halides is 3. The summed E-state index contributed by atoms with van der Waals surface area (Å²) in [6.45, 7) is 3.40. The summed E-state index contributed by atoms with van der Waals surface area (Å²) >= 11 is 0. The number of aryl methyl sites for hydroxylation is 1. The zero-order valence-electron chi connectivity index (χ0n) is 14.3. The number of halogens is 3. The van der Waals surface area contributed by atoms with Crippen molar-refractivity contribution in [3.63, 3.8) is 0 Å². The van der Waals surface area contributed by atoms with Gasteiger partial charge in [-0.15, -0.1) is 0 Å². The molecule has 0 saturated heterocycles. The zero-order valence-corrected chi connectivity index (χ0v) is 14.3.